The van der Waals surface area contributed by atoms with Crippen LogP contribution in [0, 0.1) is 0 Å². The fraction of sp³-hybridized carbons (Fsp3) is 0.520. The SMILES string of the molecule is CC(C)N1CCC2(CCc3cc(CN(C)Cc4ccccc4)ccc3O2)CC1. The van der Waals surface area contributed by atoms with Gasteiger partial charge in [0.05, 0.1) is 0 Å². The van der Waals surface area contributed by atoms with E-state index in [9.17, 15) is 0 Å². The van der Waals surface area contributed by atoms with Crippen molar-refractivity contribution in [1.82, 2.24) is 9.80 Å². The third kappa shape index (κ3) is 4.42. The minimum atomic E-state index is 0.0734. The molecule has 2 aromatic rings. The van der Waals surface area contributed by atoms with Crippen LogP contribution < -0.4 is 4.74 Å². The highest BCUT2D eigenvalue weighted by atomic mass is 16.5. The van der Waals surface area contributed by atoms with Crippen molar-refractivity contribution in [2.24, 2.45) is 0 Å². The molecule has 2 heterocycles. The zero-order chi connectivity index (χ0) is 19.6. The topological polar surface area (TPSA) is 15.7 Å². The number of piperidine rings is 1. The second kappa shape index (κ2) is 8.26. The number of fused-ring (bicyclic) bond motifs is 1. The number of aryl methyl sites for hydroxylation is 1. The first-order chi connectivity index (χ1) is 13.5. The summed E-state index contributed by atoms with van der Waals surface area (Å²) in [7, 11) is 2.19. The molecule has 0 aromatic heterocycles. The van der Waals surface area contributed by atoms with Crippen LogP contribution in [0.1, 0.15) is 49.8 Å². The third-order valence-electron chi connectivity index (χ3n) is 6.49. The van der Waals surface area contributed by atoms with Crippen molar-refractivity contribution in [2.75, 3.05) is 20.1 Å². The van der Waals surface area contributed by atoms with Gasteiger partial charge in [-0.3, -0.25) is 4.90 Å². The fourth-order valence-corrected chi connectivity index (χ4v) is 4.74. The number of ether oxygens (including phenoxy) is 1. The van der Waals surface area contributed by atoms with Gasteiger partial charge in [0.25, 0.3) is 0 Å². The van der Waals surface area contributed by atoms with Crippen molar-refractivity contribution in [2.45, 2.75) is 64.3 Å². The van der Waals surface area contributed by atoms with Crippen LogP contribution in [0.15, 0.2) is 48.5 Å². The Hall–Kier alpha value is -1.84. The molecule has 0 atom stereocenters. The van der Waals surface area contributed by atoms with Gasteiger partial charge in [0.1, 0.15) is 11.4 Å². The minimum Gasteiger partial charge on any atom is -0.487 e. The predicted molar refractivity (Wildman–Crippen MR) is 116 cm³/mol. The molecular weight excluding hydrogens is 344 g/mol. The summed E-state index contributed by atoms with van der Waals surface area (Å²) in [6.07, 6.45) is 4.63. The maximum Gasteiger partial charge on any atom is 0.123 e. The highest BCUT2D eigenvalue weighted by molar-refractivity contribution is 5.40. The second-order valence-electron chi connectivity index (χ2n) is 9.01. The lowest BCUT2D eigenvalue weighted by atomic mass is 9.82. The highest BCUT2D eigenvalue weighted by Gasteiger charge is 2.39. The van der Waals surface area contributed by atoms with Gasteiger partial charge in [-0.15, -0.1) is 0 Å². The summed E-state index contributed by atoms with van der Waals surface area (Å²) in [6, 6.07) is 18.2. The number of nitrogens with zero attached hydrogens (tertiary/aromatic N) is 2. The number of likely N-dealkylation sites (tertiary alicyclic amines) is 1. The Bertz CT molecular complexity index is 778. The van der Waals surface area contributed by atoms with Gasteiger partial charge < -0.3 is 9.64 Å². The van der Waals surface area contributed by atoms with Gasteiger partial charge in [0.15, 0.2) is 0 Å². The van der Waals surface area contributed by atoms with E-state index in [4.69, 9.17) is 4.74 Å². The molecule has 0 unspecified atom stereocenters. The average Bonchev–Trinajstić information content (AvgIpc) is 2.69. The van der Waals surface area contributed by atoms with Crippen molar-refractivity contribution in [3.63, 3.8) is 0 Å². The van der Waals surface area contributed by atoms with Gasteiger partial charge in [-0.05, 0) is 69.3 Å². The lowest BCUT2D eigenvalue weighted by Crippen LogP contribution is -2.51. The molecule has 0 amide bonds. The standard InChI is InChI=1S/C25H34N2O/c1-20(2)27-15-13-25(14-16-27)12-11-23-17-22(9-10-24(23)28-25)19-26(3)18-21-7-5-4-6-8-21/h4-10,17,20H,11-16,18-19H2,1-3H3. The zero-order valence-electron chi connectivity index (χ0n) is 17.7. The van der Waals surface area contributed by atoms with Crippen LogP contribution in [0.4, 0.5) is 0 Å². The Balaban J connectivity index is 1.38. The number of hydrogen-bond donors (Lipinski definition) is 0. The molecule has 4 rings (SSSR count). The highest BCUT2D eigenvalue weighted by Crippen LogP contribution is 2.40. The van der Waals surface area contributed by atoms with Gasteiger partial charge in [-0.1, -0.05) is 42.5 Å². The molecule has 0 radical (unpaired) electrons. The molecule has 1 spiro atoms. The first kappa shape index (κ1) is 19.5. The maximum absolute atomic E-state index is 6.60. The summed E-state index contributed by atoms with van der Waals surface area (Å²) >= 11 is 0. The summed E-state index contributed by atoms with van der Waals surface area (Å²) in [4.78, 5) is 4.96. The number of rotatable bonds is 5. The largest absolute Gasteiger partial charge is 0.487 e. The summed E-state index contributed by atoms with van der Waals surface area (Å²) in [5.41, 5.74) is 4.21. The van der Waals surface area contributed by atoms with Gasteiger partial charge in [0.2, 0.25) is 0 Å². The molecule has 0 bridgehead atoms. The molecule has 2 aliphatic heterocycles. The van der Waals surface area contributed by atoms with Gasteiger partial charge >= 0.3 is 0 Å². The smallest absolute Gasteiger partial charge is 0.123 e. The van der Waals surface area contributed by atoms with E-state index < -0.39 is 0 Å². The van der Waals surface area contributed by atoms with E-state index in [1.165, 1.54) is 16.7 Å². The van der Waals surface area contributed by atoms with Crippen LogP contribution in [0.2, 0.25) is 0 Å². The van der Waals surface area contributed by atoms with Crippen molar-refractivity contribution in [1.29, 1.82) is 0 Å². The van der Waals surface area contributed by atoms with Crippen LogP contribution >= 0.6 is 0 Å². The number of benzene rings is 2. The second-order valence-corrected chi connectivity index (χ2v) is 9.01. The normalized spacial score (nSPS) is 19.0. The van der Waals surface area contributed by atoms with Crippen LogP contribution in [0.3, 0.4) is 0 Å². The molecule has 1 saturated heterocycles. The Labute approximate surface area is 170 Å². The molecule has 0 N–H and O–H groups in total. The van der Waals surface area contributed by atoms with Crippen LogP contribution in [0.25, 0.3) is 0 Å². The van der Waals surface area contributed by atoms with Crippen LogP contribution in [-0.2, 0) is 19.5 Å². The van der Waals surface area contributed by atoms with Gasteiger partial charge in [-0.2, -0.15) is 0 Å². The Morgan fingerprint density at radius 3 is 2.39 bits per heavy atom. The summed E-state index contributed by atoms with van der Waals surface area (Å²) in [5, 5.41) is 0. The summed E-state index contributed by atoms with van der Waals surface area (Å²) in [6.45, 7) is 8.86. The zero-order valence-corrected chi connectivity index (χ0v) is 17.7. The van der Waals surface area contributed by atoms with E-state index in [0.717, 1.165) is 57.6 Å². The first-order valence-electron chi connectivity index (χ1n) is 10.8. The monoisotopic (exact) mass is 378 g/mol. The van der Waals surface area contributed by atoms with E-state index in [-0.39, 0.29) is 5.60 Å². The average molecular weight is 379 g/mol. The lowest BCUT2D eigenvalue weighted by Gasteiger charge is -2.45. The number of hydrogen-bond acceptors (Lipinski definition) is 3. The van der Waals surface area contributed by atoms with Crippen LogP contribution in [-0.4, -0.2) is 41.6 Å². The molecule has 3 heteroatoms. The maximum atomic E-state index is 6.60. The fourth-order valence-electron chi connectivity index (χ4n) is 4.74. The molecule has 28 heavy (non-hydrogen) atoms. The minimum absolute atomic E-state index is 0.0734. The van der Waals surface area contributed by atoms with Crippen LogP contribution in [0.5, 0.6) is 5.75 Å². The van der Waals surface area contributed by atoms with Gasteiger partial charge in [-0.25, -0.2) is 0 Å². The molecule has 2 aliphatic rings. The van der Waals surface area contributed by atoms with E-state index in [1.54, 1.807) is 0 Å². The molecule has 2 aromatic carbocycles. The molecule has 0 saturated carbocycles. The molecule has 150 valence electrons. The summed E-state index contributed by atoms with van der Waals surface area (Å²) < 4.78 is 6.60. The predicted octanol–water partition coefficient (Wildman–Crippen LogP) is 4.89. The summed E-state index contributed by atoms with van der Waals surface area (Å²) in [5.74, 6) is 1.12. The Kier molecular flexibility index (Phi) is 5.75. The Morgan fingerprint density at radius 1 is 0.964 bits per heavy atom. The van der Waals surface area contributed by atoms with E-state index in [2.05, 4.69) is 79.2 Å². The van der Waals surface area contributed by atoms with Crippen molar-refractivity contribution >= 4 is 0 Å². The third-order valence-corrected chi connectivity index (χ3v) is 6.49. The van der Waals surface area contributed by atoms with Gasteiger partial charge in [0, 0.05) is 32.2 Å². The van der Waals surface area contributed by atoms with Crippen molar-refractivity contribution in [3.05, 3.63) is 65.2 Å². The molecular formula is C25H34N2O. The van der Waals surface area contributed by atoms with Crippen molar-refractivity contribution in [3.8, 4) is 5.75 Å². The van der Waals surface area contributed by atoms with E-state index in [0.29, 0.717) is 6.04 Å². The molecule has 0 aliphatic carbocycles. The first-order valence-corrected chi connectivity index (χ1v) is 10.8. The van der Waals surface area contributed by atoms with E-state index >= 15 is 0 Å². The Morgan fingerprint density at radius 2 is 1.68 bits per heavy atom. The quantitative estimate of drug-likeness (QED) is 0.737. The van der Waals surface area contributed by atoms with E-state index in [1.807, 2.05) is 0 Å². The molecule has 3 nitrogen and oxygen atoms in total. The van der Waals surface area contributed by atoms with Crippen molar-refractivity contribution < 1.29 is 4.74 Å². The lowest BCUT2D eigenvalue weighted by molar-refractivity contribution is -0.0212. The molecule has 1 fully saturated rings.